The van der Waals surface area contributed by atoms with Crippen molar-refractivity contribution in [3.05, 3.63) is 65.5 Å². The van der Waals surface area contributed by atoms with E-state index in [-0.39, 0.29) is 16.5 Å². The molecule has 0 aliphatic heterocycles. The highest BCUT2D eigenvalue weighted by Crippen LogP contribution is 2.15. The van der Waals surface area contributed by atoms with E-state index in [0.29, 0.717) is 13.0 Å². The van der Waals surface area contributed by atoms with E-state index < -0.39 is 21.7 Å². The lowest BCUT2D eigenvalue weighted by molar-refractivity contribution is 0.0949. The Morgan fingerprint density at radius 1 is 1.12 bits per heavy atom. The summed E-state index contributed by atoms with van der Waals surface area (Å²) < 4.78 is 40.7. The van der Waals surface area contributed by atoms with E-state index in [0.717, 1.165) is 30.2 Å². The Bertz CT molecular complexity index is 852. The largest absolute Gasteiger partial charge is 0.352 e. The predicted octanol–water partition coefficient (Wildman–Crippen LogP) is 2.88. The fourth-order valence-electron chi connectivity index (χ4n) is 2.46. The number of hydrogen-bond donors (Lipinski definition) is 2. The molecule has 26 heavy (non-hydrogen) atoms. The number of halogens is 1. The van der Waals surface area contributed by atoms with Crippen molar-refractivity contribution in [2.24, 2.45) is 0 Å². The zero-order chi connectivity index (χ0) is 19.2. The Morgan fingerprint density at radius 2 is 1.81 bits per heavy atom. The van der Waals surface area contributed by atoms with Gasteiger partial charge in [-0.15, -0.1) is 0 Å². The minimum Gasteiger partial charge on any atom is -0.352 e. The summed E-state index contributed by atoms with van der Waals surface area (Å²) in [5, 5.41) is 2.64. The third-order valence-electron chi connectivity index (χ3n) is 3.65. The fourth-order valence-corrected chi connectivity index (χ4v) is 3.74. The minimum atomic E-state index is -3.79. The van der Waals surface area contributed by atoms with Gasteiger partial charge in [-0.25, -0.2) is 17.5 Å². The van der Waals surface area contributed by atoms with Crippen LogP contribution in [-0.4, -0.2) is 26.9 Å². The number of carbonyl (C=O) groups is 1. The van der Waals surface area contributed by atoms with Gasteiger partial charge in [0.15, 0.2) is 0 Å². The first-order valence-corrected chi connectivity index (χ1v) is 9.92. The molecule has 140 valence electrons. The molecular formula is C19H23FN2O3S. The minimum absolute atomic E-state index is 0.137. The van der Waals surface area contributed by atoms with Crippen LogP contribution in [0.1, 0.15) is 36.2 Å². The predicted molar refractivity (Wildman–Crippen MR) is 99.0 cm³/mol. The molecule has 1 amide bonds. The Balaban J connectivity index is 2.00. The molecule has 0 bridgehead atoms. The molecule has 2 aromatic rings. The van der Waals surface area contributed by atoms with E-state index in [1.54, 1.807) is 13.8 Å². The van der Waals surface area contributed by atoms with Crippen LogP contribution < -0.4 is 10.0 Å². The molecule has 7 heteroatoms. The van der Waals surface area contributed by atoms with Gasteiger partial charge in [0.1, 0.15) is 5.82 Å². The SMILES string of the molecule is CC(C)NS(=O)(=O)c1ccc(F)c(C(=O)NCCCc2ccccc2)c1. The lowest BCUT2D eigenvalue weighted by Crippen LogP contribution is -2.31. The van der Waals surface area contributed by atoms with E-state index in [9.17, 15) is 17.6 Å². The first-order valence-electron chi connectivity index (χ1n) is 8.43. The maximum absolute atomic E-state index is 14.0. The summed E-state index contributed by atoms with van der Waals surface area (Å²) in [7, 11) is -3.79. The Labute approximate surface area is 153 Å². The Morgan fingerprint density at radius 3 is 2.46 bits per heavy atom. The molecule has 2 N–H and O–H groups in total. The van der Waals surface area contributed by atoms with Gasteiger partial charge in [0.2, 0.25) is 10.0 Å². The second-order valence-electron chi connectivity index (χ2n) is 6.26. The van der Waals surface area contributed by atoms with Crippen molar-refractivity contribution in [3.8, 4) is 0 Å². The summed E-state index contributed by atoms with van der Waals surface area (Å²) in [5.41, 5.74) is 0.872. The number of benzene rings is 2. The van der Waals surface area contributed by atoms with Crippen LogP contribution in [0.4, 0.5) is 4.39 Å². The smallest absolute Gasteiger partial charge is 0.254 e. The molecule has 0 unspecified atom stereocenters. The zero-order valence-corrected chi connectivity index (χ0v) is 15.6. The van der Waals surface area contributed by atoms with Gasteiger partial charge >= 0.3 is 0 Å². The summed E-state index contributed by atoms with van der Waals surface area (Å²) in [6, 6.07) is 12.7. The average molecular weight is 378 g/mol. The Hall–Kier alpha value is -2.25. The molecule has 0 radical (unpaired) electrons. The van der Waals surface area contributed by atoms with Crippen LogP contribution in [0, 0.1) is 5.82 Å². The van der Waals surface area contributed by atoms with Crippen molar-refractivity contribution in [2.45, 2.75) is 37.6 Å². The normalized spacial score (nSPS) is 11.5. The highest BCUT2D eigenvalue weighted by molar-refractivity contribution is 7.89. The molecule has 0 saturated heterocycles. The summed E-state index contributed by atoms with van der Waals surface area (Å²) >= 11 is 0. The number of carbonyl (C=O) groups excluding carboxylic acids is 1. The molecule has 0 aliphatic rings. The summed E-state index contributed by atoms with van der Waals surface area (Å²) in [6.45, 7) is 3.73. The lowest BCUT2D eigenvalue weighted by Gasteiger charge is -2.11. The van der Waals surface area contributed by atoms with Gasteiger partial charge in [-0.05, 0) is 50.5 Å². The zero-order valence-electron chi connectivity index (χ0n) is 14.8. The van der Waals surface area contributed by atoms with Crippen molar-refractivity contribution < 1.29 is 17.6 Å². The average Bonchev–Trinajstić information content (AvgIpc) is 2.58. The van der Waals surface area contributed by atoms with Crippen LogP contribution in [0.2, 0.25) is 0 Å². The standard InChI is InChI=1S/C19H23FN2O3S/c1-14(2)22-26(24,25)16-10-11-18(20)17(13-16)19(23)21-12-6-9-15-7-4-3-5-8-15/h3-5,7-8,10-11,13-14,22H,6,9,12H2,1-2H3,(H,21,23). The molecule has 0 heterocycles. The van der Waals surface area contributed by atoms with Crippen molar-refractivity contribution in [1.29, 1.82) is 0 Å². The second kappa shape index (κ2) is 8.91. The van der Waals surface area contributed by atoms with E-state index in [2.05, 4.69) is 10.0 Å². The molecule has 2 aromatic carbocycles. The van der Waals surface area contributed by atoms with Crippen molar-refractivity contribution >= 4 is 15.9 Å². The second-order valence-corrected chi connectivity index (χ2v) is 7.98. The van der Waals surface area contributed by atoms with E-state index in [1.807, 2.05) is 30.3 Å². The van der Waals surface area contributed by atoms with Crippen LogP contribution in [-0.2, 0) is 16.4 Å². The number of amides is 1. The topological polar surface area (TPSA) is 75.3 Å². The first kappa shape index (κ1) is 20.1. The summed E-state index contributed by atoms with van der Waals surface area (Å²) in [6.07, 6.45) is 1.49. The fraction of sp³-hybridized carbons (Fsp3) is 0.316. The van der Waals surface area contributed by atoms with Gasteiger partial charge < -0.3 is 5.32 Å². The van der Waals surface area contributed by atoms with Crippen molar-refractivity contribution in [3.63, 3.8) is 0 Å². The van der Waals surface area contributed by atoms with E-state index in [4.69, 9.17) is 0 Å². The molecule has 2 rings (SSSR count). The lowest BCUT2D eigenvalue weighted by atomic mass is 10.1. The van der Waals surface area contributed by atoms with Gasteiger partial charge in [-0.3, -0.25) is 4.79 Å². The highest BCUT2D eigenvalue weighted by atomic mass is 32.2. The van der Waals surface area contributed by atoms with Gasteiger partial charge in [0.05, 0.1) is 10.5 Å². The van der Waals surface area contributed by atoms with E-state index >= 15 is 0 Å². The molecule has 0 saturated carbocycles. The van der Waals surface area contributed by atoms with Crippen LogP contribution in [0.25, 0.3) is 0 Å². The maximum atomic E-state index is 14.0. The molecule has 0 aliphatic carbocycles. The maximum Gasteiger partial charge on any atom is 0.254 e. The number of hydrogen-bond acceptors (Lipinski definition) is 3. The van der Waals surface area contributed by atoms with E-state index in [1.165, 1.54) is 0 Å². The third-order valence-corrected chi connectivity index (χ3v) is 5.31. The van der Waals surface area contributed by atoms with Crippen LogP contribution in [0.3, 0.4) is 0 Å². The summed E-state index contributed by atoms with van der Waals surface area (Å²) in [4.78, 5) is 12.1. The van der Waals surface area contributed by atoms with Crippen LogP contribution >= 0.6 is 0 Å². The Kier molecular flexibility index (Phi) is 6.88. The monoisotopic (exact) mass is 378 g/mol. The third kappa shape index (κ3) is 5.64. The number of aryl methyl sites for hydroxylation is 1. The molecule has 0 fully saturated rings. The molecule has 0 aromatic heterocycles. The number of nitrogens with one attached hydrogen (secondary N) is 2. The number of sulfonamides is 1. The summed E-state index contributed by atoms with van der Waals surface area (Å²) in [5.74, 6) is -1.38. The highest BCUT2D eigenvalue weighted by Gasteiger charge is 2.20. The molecular weight excluding hydrogens is 355 g/mol. The van der Waals surface area contributed by atoms with Crippen LogP contribution in [0.5, 0.6) is 0 Å². The van der Waals surface area contributed by atoms with Crippen molar-refractivity contribution in [1.82, 2.24) is 10.0 Å². The van der Waals surface area contributed by atoms with Crippen LogP contribution in [0.15, 0.2) is 53.4 Å². The van der Waals surface area contributed by atoms with Gasteiger partial charge in [-0.2, -0.15) is 0 Å². The molecule has 0 atom stereocenters. The quantitative estimate of drug-likeness (QED) is 0.694. The first-order chi connectivity index (χ1) is 12.3. The van der Waals surface area contributed by atoms with Gasteiger partial charge in [0.25, 0.3) is 5.91 Å². The molecule has 5 nitrogen and oxygen atoms in total. The number of rotatable bonds is 8. The molecule has 0 spiro atoms. The van der Waals surface area contributed by atoms with Gasteiger partial charge in [0, 0.05) is 12.6 Å². The van der Waals surface area contributed by atoms with Gasteiger partial charge in [-0.1, -0.05) is 30.3 Å². The van der Waals surface area contributed by atoms with Crippen molar-refractivity contribution in [2.75, 3.05) is 6.54 Å².